The molecule has 1 saturated carbocycles. The lowest BCUT2D eigenvalue weighted by atomic mass is 9.61. The molecule has 1 aromatic rings. The van der Waals surface area contributed by atoms with Gasteiger partial charge in [-0.15, -0.1) is 0 Å². The minimum atomic E-state index is -0.906. The molecule has 174 valence electrons. The van der Waals surface area contributed by atoms with Crippen LogP contribution in [-0.2, 0) is 21.5 Å². The molecule has 5 heteroatoms. The van der Waals surface area contributed by atoms with Crippen LogP contribution in [0.3, 0.4) is 0 Å². The number of carbonyl (C=O) groups excluding carboxylic acids is 1. The van der Waals surface area contributed by atoms with Crippen LogP contribution >= 0.6 is 0 Å². The van der Waals surface area contributed by atoms with Crippen LogP contribution in [0.1, 0.15) is 71.4 Å². The van der Waals surface area contributed by atoms with Gasteiger partial charge in [0.05, 0.1) is 12.7 Å². The number of amidine groups is 1. The Balaban J connectivity index is 1.87. The molecule has 1 aliphatic heterocycles. The van der Waals surface area contributed by atoms with Crippen LogP contribution in [0.5, 0.6) is 5.75 Å². The van der Waals surface area contributed by atoms with Crippen molar-refractivity contribution in [3.05, 3.63) is 41.5 Å². The van der Waals surface area contributed by atoms with Gasteiger partial charge in [0.15, 0.2) is 5.54 Å². The Morgan fingerprint density at radius 3 is 2.47 bits per heavy atom. The van der Waals surface area contributed by atoms with Crippen molar-refractivity contribution in [2.45, 2.75) is 84.4 Å². The number of ether oxygens (including phenoxy) is 2. The van der Waals surface area contributed by atoms with E-state index >= 15 is 0 Å². The van der Waals surface area contributed by atoms with Crippen molar-refractivity contribution >= 4 is 11.7 Å². The summed E-state index contributed by atoms with van der Waals surface area (Å²) in [5.74, 6) is 2.09. The summed E-state index contributed by atoms with van der Waals surface area (Å²) in [6.45, 7) is 15.2. The fourth-order valence-corrected chi connectivity index (χ4v) is 5.93. The molecule has 1 heterocycles. The molecule has 32 heavy (non-hydrogen) atoms. The second kappa shape index (κ2) is 8.33. The van der Waals surface area contributed by atoms with Crippen molar-refractivity contribution < 1.29 is 14.3 Å². The number of hydrogen-bond donors (Lipinski definition) is 0. The van der Waals surface area contributed by atoms with Gasteiger partial charge in [0, 0.05) is 18.6 Å². The predicted molar refractivity (Wildman–Crippen MR) is 128 cm³/mol. The van der Waals surface area contributed by atoms with E-state index in [2.05, 4.69) is 52.5 Å². The van der Waals surface area contributed by atoms with Crippen molar-refractivity contribution in [1.29, 1.82) is 0 Å². The van der Waals surface area contributed by atoms with Gasteiger partial charge in [-0.25, -0.2) is 4.99 Å². The lowest BCUT2D eigenvalue weighted by Crippen LogP contribution is -2.53. The number of fused-ring (bicyclic) bond motifs is 3. The molecule has 1 unspecified atom stereocenters. The molecule has 0 radical (unpaired) electrons. The average Bonchev–Trinajstić information content (AvgIpc) is 3.21. The summed E-state index contributed by atoms with van der Waals surface area (Å²) >= 11 is 0. The number of benzene rings is 1. The highest BCUT2D eigenvalue weighted by Crippen LogP contribution is 2.62. The molecule has 1 fully saturated rings. The highest BCUT2D eigenvalue weighted by molar-refractivity contribution is 6.15. The van der Waals surface area contributed by atoms with E-state index in [0.29, 0.717) is 12.5 Å². The van der Waals surface area contributed by atoms with Crippen LogP contribution in [0.15, 0.2) is 35.3 Å². The molecule has 2 aliphatic carbocycles. The van der Waals surface area contributed by atoms with Gasteiger partial charge in [-0.1, -0.05) is 26.5 Å². The van der Waals surface area contributed by atoms with E-state index < -0.39 is 5.54 Å². The maximum absolute atomic E-state index is 14.3. The number of methoxy groups -OCH3 is 1. The van der Waals surface area contributed by atoms with Crippen LogP contribution in [0.4, 0.5) is 0 Å². The normalized spacial score (nSPS) is 29.4. The lowest BCUT2D eigenvalue weighted by Gasteiger charge is -2.45. The Bertz CT molecular complexity index is 940. The van der Waals surface area contributed by atoms with Gasteiger partial charge in [0.25, 0.3) is 5.91 Å². The van der Waals surface area contributed by atoms with E-state index in [0.717, 1.165) is 54.8 Å². The smallest absolute Gasteiger partial charge is 0.261 e. The number of amides is 1. The summed E-state index contributed by atoms with van der Waals surface area (Å²) in [5.41, 5.74) is 1.95. The zero-order valence-corrected chi connectivity index (χ0v) is 20.5. The van der Waals surface area contributed by atoms with Crippen LogP contribution in [0, 0.1) is 11.3 Å². The molecule has 4 rings (SSSR count). The average molecular weight is 439 g/mol. The van der Waals surface area contributed by atoms with Crippen LogP contribution in [0.2, 0.25) is 0 Å². The second-order valence-electron chi connectivity index (χ2n) is 10.6. The van der Waals surface area contributed by atoms with Gasteiger partial charge in [-0.3, -0.25) is 9.69 Å². The Hall–Kier alpha value is -2.14. The first-order valence-corrected chi connectivity index (χ1v) is 12.0. The van der Waals surface area contributed by atoms with Crippen LogP contribution in [-0.4, -0.2) is 42.5 Å². The number of nitrogens with zero attached hydrogens (tertiary/aromatic N) is 2. The molecule has 0 saturated heterocycles. The molecule has 1 amide bonds. The first-order valence-electron chi connectivity index (χ1n) is 12.0. The Morgan fingerprint density at radius 1 is 1.25 bits per heavy atom. The zero-order valence-electron chi connectivity index (χ0n) is 20.5. The van der Waals surface area contributed by atoms with Gasteiger partial charge < -0.3 is 9.47 Å². The monoisotopic (exact) mass is 438 g/mol. The van der Waals surface area contributed by atoms with Gasteiger partial charge >= 0.3 is 0 Å². The second-order valence-corrected chi connectivity index (χ2v) is 10.6. The van der Waals surface area contributed by atoms with E-state index in [9.17, 15) is 4.79 Å². The fourth-order valence-electron chi connectivity index (χ4n) is 5.93. The van der Waals surface area contributed by atoms with E-state index in [1.54, 1.807) is 7.11 Å². The van der Waals surface area contributed by atoms with E-state index in [4.69, 9.17) is 14.5 Å². The molecule has 0 N–H and O–H groups in total. The molecular weight excluding hydrogens is 400 g/mol. The standard InChI is InChI=1S/C27H38N2O3/c1-17(2)16-32-22-9-8-20-15-26(12-10-21(31-7)11-13-26)27(23(20)14-22)25(30)29(19(5)6)24(28-27)18(3)4/h8-9,14,17,19,21H,3,10-13,15-16H2,1-2,4-7H3. The zero-order chi connectivity index (χ0) is 23.3. The summed E-state index contributed by atoms with van der Waals surface area (Å²) in [6, 6.07) is 6.33. The fraction of sp³-hybridized carbons (Fsp3) is 0.630. The number of rotatable bonds is 6. The maximum Gasteiger partial charge on any atom is 0.261 e. The number of aliphatic imine (C=N–C) groups is 1. The van der Waals surface area contributed by atoms with E-state index in [1.165, 1.54) is 5.56 Å². The van der Waals surface area contributed by atoms with Crippen LogP contribution < -0.4 is 4.74 Å². The van der Waals surface area contributed by atoms with Crippen molar-refractivity contribution in [3.63, 3.8) is 0 Å². The first kappa shape index (κ1) is 23.0. The van der Waals surface area contributed by atoms with Crippen molar-refractivity contribution in [3.8, 4) is 5.75 Å². The third-order valence-electron chi connectivity index (χ3n) is 7.50. The molecule has 5 nitrogen and oxygen atoms in total. The molecule has 3 aliphatic rings. The summed E-state index contributed by atoms with van der Waals surface area (Å²) in [4.78, 5) is 21.5. The minimum Gasteiger partial charge on any atom is -0.493 e. The highest BCUT2D eigenvalue weighted by atomic mass is 16.5. The van der Waals surface area contributed by atoms with E-state index in [-0.39, 0.29) is 23.5 Å². The van der Waals surface area contributed by atoms with Gasteiger partial charge in [-0.05, 0) is 87.6 Å². The van der Waals surface area contributed by atoms with E-state index in [1.807, 2.05) is 11.8 Å². The Morgan fingerprint density at radius 2 is 1.94 bits per heavy atom. The molecular formula is C27H38N2O3. The molecule has 0 aromatic heterocycles. The Labute approximate surface area is 192 Å². The summed E-state index contributed by atoms with van der Waals surface area (Å²) in [7, 11) is 1.79. The number of hydrogen-bond acceptors (Lipinski definition) is 4. The lowest BCUT2D eigenvalue weighted by molar-refractivity contribution is -0.139. The highest BCUT2D eigenvalue weighted by Gasteiger charge is 2.67. The quantitative estimate of drug-likeness (QED) is 0.608. The van der Waals surface area contributed by atoms with Crippen molar-refractivity contribution in [1.82, 2.24) is 4.90 Å². The van der Waals surface area contributed by atoms with Gasteiger partial charge in [0.1, 0.15) is 11.6 Å². The summed E-state index contributed by atoms with van der Waals surface area (Å²) in [5, 5.41) is 0. The number of carbonyl (C=O) groups is 1. The predicted octanol–water partition coefficient (Wildman–Crippen LogP) is 5.27. The minimum absolute atomic E-state index is 0.0223. The molecule has 1 atom stereocenters. The van der Waals surface area contributed by atoms with Crippen LogP contribution in [0.25, 0.3) is 0 Å². The molecule has 2 spiro atoms. The summed E-state index contributed by atoms with van der Waals surface area (Å²) in [6.07, 6.45) is 4.88. The summed E-state index contributed by atoms with van der Waals surface area (Å²) < 4.78 is 11.8. The van der Waals surface area contributed by atoms with Crippen molar-refractivity contribution in [2.75, 3.05) is 13.7 Å². The van der Waals surface area contributed by atoms with Crippen molar-refractivity contribution in [2.24, 2.45) is 16.3 Å². The third-order valence-corrected chi connectivity index (χ3v) is 7.50. The SMILES string of the molecule is C=C(C)C1=NC2(C(=O)N1C(C)C)c1cc(OCC(C)C)ccc1CC21CCC(OC)CC1. The molecule has 0 bridgehead atoms. The Kier molecular flexibility index (Phi) is 6.00. The maximum atomic E-state index is 14.3. The largest absolute Gasteiger partial charge is 0.493 e. The molecule has 1 aromatic carbocycles. The third kappa shape index (κ3) is 3.40. The first-order chi connectivity index (χ1) is 15.1. The van der Waals surface area contributed by atoms with Gasteiger partial charge in [-0.2, -0.15) is 0 Å². The van der Waals surface area contributed by atoms with Gasteiger partial charge in [0.2, 0.25) is 0 Å². The topological polar surface area (TPSA) is 51.1 Å².